The molecular formula is C9H11NO3. The molecule has 1 aromatic heterocycles. The Morgan fingerprint density at radius 1 is 1.54 bits per heavy atom. The van der Waals surface area contributed by atoms with Gasteiger partial charge in [-0.3, -0.25) is 4.79 Å². The van der Waals surface area contributed by atoms with Crippen LogP contribution in [0, 0.1) is 6.92 Å². The first kappa shape index (κ1) is 9.51. The number of nitrogens with zero attached hydrogens (tertiary/aromatic N) is 1. The van der Waals surface area contributed by atoms with Crippen molar-refractivity contribution < 1.29 is 14.3 Å². The van der Waals surface area contributed by atoms with Gasteiger partial charge in [-0.15, -0.1) is 0 Å². The first-order valence-corrected chi connectivity index (χ1v) is 3.83. The Morgan fingerprint density at radius 2 is 2.23 bits per heavy atom. The predicted octanol–water partition coefficient (Wildman–Crippen LogP) is 1.32. The summed E-state index contributed by atoms with van der Waals surface area (Å²) in [7, 11) is 1.52. The van der Waals surface area contributed by atoms with E-state index in [0.717, 1.165) is 5.56 Å². The summed E-state index contributed by atoms with van der Waals surface area (Å²) >= 11 is 0. The van der Waals surface area contributed by atoms with Crippen LogP contribution in [0.15, 0.2) is 12.3 Å². The molecule has 0 saturated heterocycles. The number of esters is 1. The fourth-order valence-electron chi connectivity index (χ4n) is 0.971. The maximum Gasteiger partial charge on any atom is 0.308 e. The van der Waals surface area contributed by atoms with Crippen molar-refractivity contribution in [1.82, 2.24) is 4.98 Å². The largest absolute Gasteiger partial charge is 0.481 e. The van der Waals surface area contributed by atoms with Crippen LogP contribution < -0.4 is 9.47 Å². The molecule has 0 unspecified atom stereocenters. The van der Waals surface area contributed by atoms with E-state index in [-0.39, 0.29) is 5.97 Å². The van der Waals surface area contributed by atoms with E-state index >= 15 is 0 Å². The fourth-order valence-corrected chi connectivity index (χ4v) is 0.971. The molecule has 4 nitrogen and oxygen atoms in total. The smallest absolute Gasteiger partial charge is 0.308 e. The molecule has 1 heterocycles. The molecule has 0 saturated carbocycles. The molecule has 0 aromatic carbocycles. The third kappa shape index (κ3) is 2.18. The highest BCUT2D eigenvalue weighted by Gasteiger charge is 2.07. The summed E-state index contributed by atoms with van der Waals surface area (Å²) in [6.45, 7) is 3.14. The van der Waals surface area contributed by atoms with Crippen molar-refractivity contribution in [3.63, 3.8) is 0 Å². The molecule has 1 aromatic rings. The molecule has 4 heteroatoms. The van der Waals surface area contributed by atoms with E-state index in [2.05, 4.69) is 4.98 Å². The minimum atomic E-state index is -0.351. The maximum atomic E-state index is 10.7. The number of pyridine rings is 1. The third-order valence-electron chi connectivity index (χ3n) is 1.56. The minimum absolute atomic E-state index is 0.351. The molecule has 0 spiro atoms. The van der Waals surface area contributed by atoms with Crippen LogP contribution in [0.25, 0.3) is 0 Å². The van der Waals surface area contributed by atoms with Gasteiger partial charge < -0.3 is 9.47 Å². The van der Waals surface area contributed by atoms with Gasteiger partial charge in [0.25, 0.3) is 0 Å². The summed E-state index contributed by atoms with van der Waals surface area (Å²) in [6.07, 6.45) is 1.53. The second-order valence-electron chi connectivity index (χ2n) is 2.54. The molecule has 0 amide bonds. The Bertz CT molecular complexity index is 323. The molecule has 0 N–H and O–H groups in total. The van der Waals surface area contributed by atoms with E-state index in [0.29, 0.717) is 11.6 Å². The van der Waals surface area contributed by atoms with Crippen molar-refractivity contribution in [2.75, 3.05) is 7.11 Å². The number of carbonyl (C=O) groups excluding carboxylic acids is 1. The number of hydrogen-bond donors (Lipinski definition) is 0. The Labute approximate surface area is 76.5 Å². The summed E-state index contributed by atoms with van der Waals surface area (Å²) in [6, 6.07) is 1.62. The van der Waals surface area contributed by atoms with Crippen LogP contribution in [0.2, 0.25) is 0 Å². The van der Waals surface area contributed by atoms with E-state index in [9.17, 15) is 4.79 Å². The predicted molar refractivity (Wildman–Crippen MR) is 46.8 cm³/mol. The number of hydrogen-bond acceptors (Lipinski definition) is 4. The molecule has 0 fully saturated rings. The molecule has 1 rings (SSSR count). The van der Waals surface area contributed by atoms with Crippen molar-refractivity contribution in [3.05, 3.63) is 17.8 Å². The third-order valence-corrected chi connectivity index (χ3v) is 1.56. The zero-order chi connectivity index (χ0) is 9.84. The molecule has 0 aliphatic heterocycles. The van der Waals surface area contributed by atoms with Crippen LogP contribution in [-0.2, 0) is 4.79 Å². The zero-order valence-corrected chi connectivity index (χ0v) is 7.83. The van der Waals surface area contributed by atoms with E-state index in [4.69, 9.17) is 9.47 Å². The molecule has 0 atom stereocenters. The van der Waals surface area contributed by atoms with Gasteiger partial charge in [-0.2, -0.15) is 0 Å². The standard InChI is InChI=1S/C9H11NO3/c1-6-8(13-7(2)11)4-5-10-9(6)12-3/h4-5H,1-3H3. The average Bonchev–Trinajstić information content (AvgIpc) is 2.08. The Hall–Kier alpha value is -1.58. The molecule has 0 aliphatic rings. The zero-order valence-electron chi connectivity index (χ0n) is 7.83. The van der Waals surface area contributed by atoms with Gasteiger partial charge >= 0.3 is 5.97 Å². The van der Waals surface area contributed by atoms with Gasteiger partial charge in [0.15, 0.2) is 0 Å². The van der Waals surface area contributed by atoms with E-state index in [1.807, 2.05) is 0 Å². The summed E-state index contributed by atoms with van der Waals surface area (Å²) < 4.78 is 9.89. The van der Waals surface area contributed by atoms with Gasteiger partial charge in [0.1, 0.15) is 5.75 Å². The van der Waals surface area contributed by atoms with Gasteiger partial charge in [0, 0.05) is 13.1 Å². The van der Waals surface area contributed by atoms with Crippen LogP contribution in [0.4, 0.5) is 0 Å². The lowest BCUT2D eigenvalue weighted by atomic mass is 10.3. The average molecular weight is 181 g/mol. The van der Waals surface area contributed by atoms with Gasteiger partial charge in [0.05, 0.1) is 12.7 Å². The van der Waals surface area contributed by atoms with Crippen LogP contribution in [0.3, 0.4) is 0 Å². The van der Waals surface area contributed by atoms with Crippen LogP contribution in [0.1, 0.15) is 12.5 Å². The molecule has 70 valence electrons. The second kappa shape index (κ2) is 3.89. The van der Waals surface area contributed by atoms with Crippen molar-refractivity contribution in [2.45, 2.75) is 13.8 Å². The lowest BCUT2D eigenvalue weighted by Gasteiger charge is -2.07. The summed E-state index contributed by atoms with van der Waals surface area (Å²) in [5.74, 6) is 0.606. The van der Waals surface area contributed by atoms with Crippen molar-refractivity contribution in [1.29, 1.82) is 0 Å². The normalized spacial score (nSPS) is 9.46. The van der Waals surface area contributed by atoms with Crippen molar-refractivity contribution >= 4 is 5.97 Å². The minimum Gasteiger partial charge on any atom is -0.481 e. The summed E-state index contributed by atoms with van der Waals surface area (Å²) in [5.41, 5.74) is 0.722. The molecular weight excluding hydrogens is 170 g/mol. The first-order valence-electron chi connectivity index (χ1n) is 3.83. The highest BCUT2D eigenvalue weighted by Crippen LogP contribution is 2.24. The summed E-state index contributed by atoms with van der Waals surface area (Å²) in [5, 5.41) is 0. The highest BCUT2D eigenvalue weighted by molar-refractivity contribution is 5.69. The van der Waals surface area contributed by atoms with Gasteiger partial charge in [-0.25, -0.2) is 4.98 Å². The SMILES string of the molecule is COc1nccc(OC(C)=O)c1C. The molecule has 0 radical (unpaired) electrons. The van der Waals surface area contributed by atoms with Crippen LogP contribution in [-0.4, -0.2) is 18.1 Å². The number of carbonyl (C=O) groups is 1. The highest BCUT2D eigenvalue weighted by atomic mass is 16.5. The lowest BCUT2D eigenvalue weighted by molar-refractivity contribution is -0.131. The first-order chi connectivity index (χ1) is 6.15. The number of aromatic nitrogens is 1. The Balaban J connectivity index is 3.01. The van der Waals surface area contributed by atoms with Gasteiger partial charge in [-0.05, 0) is 13.0 Å². The van der Waals surface area contributed by atoms with E-state index < -0.39 is 0 Å². The van der Waals surface area contributed by atoms with E-state index in [1.165, 1.54) is 20.2 Å². The second-order valence-corrected chi connectivity index (χ2v) is 2.54. The number of methoxy groups -OCH3 is 1. The van der Waals surface area contributed by atoms with Gasteiger partial charge in [0.2, 0.25) is 5.88 Å². The lowest BCUT2D eigenvalue weighted by Crippen LogP contribution is -2.04. The topological polar surface area (TPSA) is 48.4 Å². The Kier molecular flexibility index (Phi) is 2.84. The number of rotatable bonds is 2. The quantitative estimate of drug-likeness (QED) is 0.646. The van der Waals surface area contributed by atoms with Gasteiger partial charge in [-0.1, -0.05) is 0 Å². The number of ether oxygens (including phenoxy) is 2. The van der Waals surface area contributed by atoms with Crippen LogP contribution in [0.5, 0.6) is 11.6 Å². The monoisotopic (exact) mass is 181 g/mol. The van der Waals surface area contributed by atoms with Crippen LogP contribution >= 0.6 is 0 Å². The molecule has 13 heavy (non-hydrogen) atoms. The van der Waals surface area contributed by atoms with Crippen molar-refractivity contribution in [2.24, 2.45) is 0 Å². The van der Waals surface area contributed by atoms with E-state index in [1.54, 1.807) is 13.0 Å². The Morgan fingerprint density at radius 3 is 2.77 bits per heavy atom. The van der Waals surface area contributed by atoms with Crippen molar-refractivity contribution in [3.8, 4) is 11.6 Å². The fraction of sp³-hybridized carbons (Fsp3) is 0.333. The summed E-state index contributed by atoms with van der Waals surface area (Å²) in [4.78, 5) is 14.6. The molecule has 0 bridgehead atoms. The molecule has 0 aliphatic carbocycles. The maximum absolute atomic E-state index is 10.7.